The van der Waals surface area contributed by atoms with Gasteiger partial charge in [0.25, 0.3) is 0 Å². The number of hydrogen-bond donors (Lipinski definition) is 1. The van der Waals surface area contributed by atoms with Crippen LogP contribution in [0.2, 0.25) is 5.02 Å². The van der Waals surface area contributed by atoms with Gasteiger partial charge in [-0.3, -0.25) is 15.0 Å². The number of amides is 3. The molecule has 1 aliphatic heterocycles. The molecule has 0 spiro atoms. The van der Waals surface area contributed by atoms with Gasteiger partial charge in [-0.15, -0.1) is 0 Å². The van der Waals surface area contributed by atoms with E-state index in [9.17, 15) is 14.0 Å². The summed E-state index contributed by atoms with van der Waals surface area (Å²) < 4.78 is 13.2. The Morgan fingerprint density at radius 3 is 2.50 bits per heavy atom. The topological polar surface area (TPSA) is 49.4 Å². The summed E-state index contributed by atoms with van der Waals surface area (Å²) in [6.45, 7) is 6.08. The molecule has 1 aromatic rings. The lowest BCUT2D eigenvalue weighted by molar-refractivity contribution is -0.120. The van der Waals surface area contributed by atoms with Crippen molar-refractivity contribution in [2.75, 3.05) is 11.4 Å². The fourth-order valence-electron chi connectivity index (χ4n) is 1.64. The number of imide groups is 1. The minimum absolute atomic E-state index is 0.151. The molecule has 20 heavy (non-hydrogen) atoms. The van der Waals surface area contributed by atoms with E-state index in [2.05, 4.69) is 19.2 Å². The minimum Gasteiger partial charge on any atom is -0.292 e. The summed E-state index contributed by atoms with van der Waals surface area (Å²) in [4.78, 5) is 23.9. The van der Waals surface area contributed by atoms with E-state index >= 15 is 0 Å². The van der Waals surface area contributed by atoms with Gasteiger partial charge in [0.05, 0.1) is 10.7 Å². The smallest absolute Gasteiger partial charge is 0.292 e. The van der Waals surface area contributed by atoms with E-state index in [-0.39, 0.29) is 23.9 Å². The first-order valence-corrected chi connectivity index (χ1v) is 6.85. The van der Waals surface area contributed by atoms with Gasteiger partial charge in [-0.2, -0.15) is 0 Å². The first kappa shape index (κ1) is 16.4. The predicted molar refractivity (Wildman–Crippen MR) is 77.6 cm³/mol. The SMILES string of the molecule is CCC.Cc1cc(N2CCC(=O)NC2=O)c(Cl)cc1F. The van der Waals surface area contributed by atoms with Crippen LogP contribution in [0.15, 0.2) is 12.1 Å². The third-order valence-electron chi connectivity index (χ3n) is 2.57. The Kier molecular flexibility index (Phi) is 5.95. The average Bonchev–Trinajstić information content (AvgIpc) is 2.35. The Bertz CT molecular complexity index is 520. The molecule has 0 bridgehead atoms. The zero-order valence-electron chi connectivity index (χ0n) is 11.8. The fourth-order valence-corrected chi connectivity index (χ4v) is 1.90. The molecule has 3 amide bonds. The van der Waals surface area contributed by atoms with Gasteiger partial charge in [-0.05, 0) is 24.6 Å². The summed E-state index contributed by atoms with van der Waals surface area (Å²) in [5.74, 6) is -0.742. The number of anilines is 1. The van der Waals surface area contributed by atoms with Crippen LogP contribution < -0.4 is 10.2 Å². The molecule has 0 atom stereocenters. The highest BCUT2D eigenvalue weighted by Gasteiger charge is 2.26. The van der Waals surface area contributed by atoms with Gasteiger partial charge in [0, 0.05) is 13.0 Å². The van der Waals surface area contributed by atoms with Crippen molar-refractivity contribution in [2.24, 2.45) is 0 Å². The maximum absolute atomic E-state index is 13.2. The zero-order chi connectivity index (χ0) is 15.3. The van der Waals surface area contributed by atoms with Crippen LogP contribution in [0.5, 0.6) is 0 Å². The molecular formula is C14H18ClFN2O2. The molecule has 6 heteroatoms. The normalized spacial score (nSPS) is 14.6. The Labute approximate surface area is 122 Å². The minimum atomic E-state index is -0.533. The van der Waals surface area contributed by atoms with Crippen LogP contribution in [-0.4, -0.2) is 18.5 Å². The Hall–Kier alpha value is -1.62. The molecule has 1 aromatic carbocycles. The Balaban J connectivity index is 0.000000612. The molecule has 0 radical (unpaired) electrons. The lowest BCUT2D eigenvalue weighted by Crippen LogP contribution is -2.49. The maximum Gasteiger partial charge on any atom is 0.328 e. The van der Waals surface area contributed by atoms with Gasteiger partial charge in [0.2, 0.25) is 5.91 Å². The summed E-state index contributed by atoms with van der Waals surface area (Å²) in [6.07, 6.45) is 1.46. The van der Waals surface area contributed by atoms with Crippen molar-refractivity contribution in [3.05, 3.63) is 28.5 Å². The zero-order valence-corrected chi connectivity index (χ0v) is 12.6. The molecule has 1 heterocycles. The monoisotopic (exact) mass is 300 g/mol. The van der Waals surface area contributed by atoms with E-state index < -0.39 is 11.8 Å². The second kappa shape index (κ2) is 7.24. The molecule has 1 aliphatic rings. The van der Waals surface area contributed by atoms with Crippen LogP contribution in [0.3, 0.4) is 0 Å². The van der Waals surface area contributed by atoms with Gasteiger partial charge >= 0.3 is 6.03 Å². The summed E-state index contributed by atoms with van der Waals surface area (Å²) in [7, 11) is 0. The van der Waals surface area contributed by atoms with Crippen molar-refractivity contribution in [2.45, 2.75) is 33.6 Å². The highest BCUT2D eigenvalue weighted by atomic mass is 35.5. The number of nitrogens with zero attached hydrogens (tertiary/aromatic N) is 1. The number of benzene rings is 1. The van der Waals surface area contributed by atoms with Crippen LogP contribution in [0.25, 0.3) is 0 Å². The highest BCUT2D eigenvalue weighted by molar-refractivity contribution is 6.34. The summed E-state index contributed by atoms with van der Waals surface area (Å²) in [5.41, 5.74) is 0.810. The molecule has 1 saturated heterocycles. The summed E-state index contributed by atoms with van der Waals surface area (Å²) in [5, 5.41) is 2.34. The van der Waals surface area contributed by atoms with Crippen molar-refractivity contribution in [3.8, 4) is 0 Å². The van der Waals surface area contributed by atoms with Crippen molar-refractivity contribution >= 4 is 29.2 Å². The molecule has 0 unspecified atom stereocenters. The van der Waals surface area contributed by atoms with Crippen molar-refractivity contribution in [3.63, 3.8) is 0 Å². The first-order chi connectivity index (χ1) is 9.40. The number of aryl methyl sites for hydroxylation is 1. The van der Waals surface area contributed by atoms with E-state index in [4.69, 9.17) is 11.6 Å². The Morgan fingerprint density at radius 1 is 1.35 bits per heavy atom. The number of hydrogen-bond acceptors (Lipinski definition) is 2. The van der Waals surface area contributed by atoms with E-state index in [1.807, 2.05) is 0 Å². The number of nitrogens with one attached hydrogen (secondary N) is 1. The second-order valence-electron chi connectivity index (χ2n) is 4.51. The number of carbonyl (C=O) groups is 2. The van der Waals surface area contributed by atoms with E-state index in [1.54, 1.807) is 6.92 Å². The van der Waals surface area contributed by atoms with Gasteiger partial charge < -0.3 is 0 Å². The molecule has 0 aromatic heterocycles. The van der Waals surface area contributed by atoms with Crippen LogP contribution in [0, 0.1) is 12.7 Å². The van der Waals surface area contributed by atoms with Crippen LogP contribution in [0.4, 0.5) is 14.9 Å². The van der Waals surface area contributed by atoms with E-state index in [1.165, 1.54) is 17.4 Å². The highest BCUT2D eigenvalue weighted by Crippen LogP contribution is 2.29. The lowest BCUT2D eigenvalue weighted by atomic mass is 10.2. The molecule has 2 rings (SSSR count). The van der Waals surface area contributed by atoms with Crippen LogP contribution in [0.1, 0.15) is 32.3 Å². The van der Waals surface area contributed by atoms with Gasteiger partial charge in [-0.1, -0.05) is 31.9 Å². The molecule has 0 saturated carbocycles. The van der Waals surface area contributed by atoms with Crippen molar-refractivity contribution in [1.29, 1.82) is 0 Å². The molecule has 0 aliphatic carbocycles. The third-order valence-corrected chi connectivity index (χ3v) is 2.88. The quantitative estimate of drug-likeness (QED) is 0.860. The molecule has 4 nitrogen and oxygen atoms in total. The van der Waals surface area contributed by atoms with Gasteiger partial charge in [0.1, 0.15) is 5.82 Å². The molecule has 1 fully saturated rings. The Morgan fingerprint density at radius 2 is 1.95 bits per heavy atom. The van der Waals surface area contributed by atoms with E-state index in [0.717, 1.165) is 6.07 Å². The fraction of sp³-hybridized carbons (Fsp3) is 0.429. The summed E-state index contributed by atoms with van der Waals surface area (Å²) >= 11 is 5.89. The van der Waals surface area contributed by atoms with Crippen molar-refractivity contribution < 1.29 is 14.0 Å². The average molecular weight is 301 g/mol. The van der Waals surface area contributed by atoms with E-state index in [0.29, 0.717) is 11.3 Å². The second-order valence-corrected chi connectivity index (χ2v) is 4.92. The largest absolute Gasteiger partial charge is 0.328 e. The number of halogens is 2. The number of urea groups is 1. The van der Waals surface area contributed by atoms with Crippen LogP contribution >= 0.6 is 11.6 Å². The standard InChI is InChI=1S/C11H10ClFN2O2.C3H8/c1-6-4-9(7(12)5-8(6)13)15-3-2-10(16)14-11(15)17;1-3-2/h4-5H,2-3H2,1H3,(H,14,16,17);3H2,1-2H3. The van der Waals surface area contributed by atoms with Crippen LogP contribution in [-0.2, 0) is 4.79 Å². The first-order valence-electron chi connectivity index (χ1n) is 6.47. The van der Waals surface area contributed by atoms with Crippen molar-refractivity contribution in [1.82, 2.24) is 5.32 Å². The lowest BCUT2D eigenvalue weighted by Gasteiger charge is -2.27. The number of rotatable bonds is 1. The van der Waals surface area contributed by atoms with Gasteiger partial charge in [-0.25, -0.2) is 9.18 Å². The van der Waals surface area contributed by atoms with Gasteiger partial charge in [0.15, 0.2) is 0 Å². The predicted octanol–water partition coefficient (Wildman–Crippen LogP) is 3.65. The third kappa shape index (κ3) is 3.93. The summed E-state index contributed by atoms with van der Waals surface area (Å²) in [6, 6.07) is 2.12. The number of carbonyl (C=O) groups excluding carboxylic acids is 2. The molecule has 110 valence electrons. The molecular weight excluding hydrogens is 283 g/mol. The molecule has 1 N–H and O–H groups in total. The maximum atomic E-state index is 13.2.